The molecular weight excluding hydrogens is 286 g/mol. The summed E-state index contributed by atoms with van der Waals surface area (Å²) < 4.78 is 1.86. The molecule has 0 unspecified atom stereocenters. The number of nitrogens with zero attached hydrogens (tertiary/aromatic N) is 4. The van der Waals surface area contributed by atoms with Gasteiger partial charge in [-0.05, 0) is 36.8 Å². The van der Waals surface area contributed by atoms with Gasteiger partial charge in [-0.2, -0.15) is 0 Å². The summed E-state index contributed by atoms with van der Waals surface area (Å²) in [6.07, 6.45) is 11.4. The van der Waals surface area contributed by atoms with E-state index in [2.05, 4.69) is 39.5 Å². The second-order valence-electron chi connectivity index (χ2n) is 5.39. The molecule has 0 atom stereocenters. The number of aromatic nitrogens is 4. The molecule has 0 spiro atoms. The third kappa shape index (κ3) is 3.94. The number of pyridine rings is 1. The van der Waals surface area contributed by atoms with E-state index >= 15 is 0 Å². The molecule has 0 bridgehead atoms. The van der Waals surface area contributed by atoms with E-state index in [1.165, 1.54) is 12.8 Å². The van der Waals surface area contributed by atoms with Crippen LogP contribution in [0.25, 0.3) is 11.7 Å². The second kappa shape index (κ2) is 7.54. The predicted molar refractivity (Wildman–Crippen MR) is 93.1 cm³/mol. The van der Waals surface area contributed by atoms with Crippen LogP contribution in [0.5, 0.6) is 0 Å². The highest BCUT2D eigenvalue weighted by Gasteiger charge is 2.03. The minimum absolute atomic E-state index is 0.649. The van der Waals surface area contributed by atoms with Crippen LogP contribution in [-0.4, -0.2) is 19.6 Å². The van der Waals surface area contributed by atoms with Gasteiger partial charge in [-0.3, -0.25) is 4.98 Å². The van der Waals surface area contributed by atoms with Crippen LogP contribution >= 0.6 is 0 Å². The van der Waals surface area contributed by atoms with Crippen LogP contribution in [0.4, 0.5) is 5.82 Å². The van der Waals surface area contributed by atoms with Gasteiger partial charge in [0.15, 0.2) is 5.65 Å². The van der Waals surface area contributed by atoms with E-state index in [-0.39, 0.29) is 0 Å². The van der Waals surface area contributed by atoms with Crippen molar-refractivity contribution in [2.24, 2.45) is 0 Å². The van der Waals surface area contributed by atoms with Crippen molar-refractivity contribution in [3.8, 4) is 0 Å². The first-order valence-electron chi connectivity index (χ1n) is 8.02. The molecule has 3 rings (SSSR count). The molecule has 5 heteroatoms. The summed E-state index contributed by atoms with van der Waals surface area (Å²) >= 11 is 0. The number of rotatable bonds is 7. The maximum atomic E-state index is 4.61. The number of anilines is 1. The predicted octanol–water partition coefficient (Wildman–Crippen LogP) is 3.94. The van der Waals surface area contributed by atoms with Crippen LogP contribution in [0.3, 0.4) is 0 Å². The molecule has 3 heterocycles. The Morgan fingerprint density at radius 1 is 1.17 bits per heavy atom. The molecule has 0 aliphatic heterocycles. The Morgan fingerprint density at radius 2 is 2.13 bits per heavy atom. The van der Waals surface area contributed by atoms with Crippen LogP contribution in [0.2, 0.25) is 0 Å². The fourth-order valence-corrected chi connectivity index (χ4v) is 2.31. The highest BCUT2D eigenvalue weighted by molar-refractivity contribution is 5.53. The maximum absolute atomic E-state index is 4.61. The van der Waals surface area contributed by atoms with E-state index < -0.39 is 0 Å². The molecule has 0 fully saturated rings. The lowest BCUT2D eigenvalue weighted by Gasteiger charge is -2.05. The van der Waals surface area contributed by atoms with Crippen molar-refractivity contribution >= 4 is 17.5 Å². The summed E-state index contributed by atoms with van der Waals surface area (Å²) in [4.78, 5) is 8.69. The highest BCUT2D eigenvalue weighted by Crippen LogP contribution is 2.12. The number of nitrogens with one attached hydrogen (secondary N) is 1. The lowest BCUT2D eigenvalue weighted by molar-refractivity contribution is 0.816. The molecule has 3 aromatic heterocycles. The largest absolute Gasteiger partial charge is 0.363 e. The van der Waals surface area contributed by atoms with Gasteiger partial charge in [0.2, 0.25) is 0 Å². The van der Waals surface area contributed by atoms with Gasteiger partial charge in [-0.25, -0.2) is 9.50 Å². The number of hydrogen-bond donors (Lipinski definition) is 1. The average Bonchev–Trinajstić information content (AvgIpc) is 3.00. The normalized spacial score (nSPS) is 11.3. The molecule has 0 saturated carbocycles. The first-order chi connectivity index (χ1) is 11.4. The molecule has 0 aliphatic rings. The molecule has 0 saturated heterocycles. The first-order valence-corrected chi connectivity index (χ1v) is 8.02. The highest BCUT2D eigenvalue weighted by atomic mass is 15.3. The Morgan fingerprint density at radius 3 is 2.96 bits per heavy atom. The van der Waals surface area contributed by atoms with Crippen molar-refractivity contribution in [3.05, 3.63) is 60.2 Å². The minimum atomic E-state index is 0.649. The number of allylic oxidation sites excluding steroid dienone is 1. The van der Waals surface area contributed by atoms with Crippen molar-refractivity contribution in [1.82, 2.24) is 19.6 Å². The standard InChI is InChI=1S/C18H21N5/c1-2-3-4-5-9-16-14-21-18-11-10-17(22-23(16)18)20-13-15-8-6-7-12-19-15/h5-12,14H,2-4,13H2,1H3,(H,20,22). The zero-order valence-electron chi connectivity index (χ0n) is 13.3. The molecule has 0 aliphatic carbocycles. The van der Waals surface area contributed by atoms with Crippen LogP contribution in [0.1, 0.15) is 37.6 Å². The lowest BCUT2D eigenvalue weighted by atomic mass is 10.2. The quantitative estimate of drug-likeness (QED) is 0.672. The zero-order chi connectivity index (χ0) is 15.9. The van der Waals surface area contributed by atoms with E-state index in [1.807, 2.05) is 41.0 Å². The number of imidazole rings is 1. The fraction of sp³-hybridized carbons (Fsp3) is 0.278. The van der Waals surface area contributed by atoms with Gasteiger partial charge in [0.05, 0.1) is 24.1 Å². The topological polar surface area (TPSA) is 55.1 Å². The van der Waals surface area contributed by atoms with Gasteiger partial charge in [0, 0.05) is 6.20 Å². The van der Waals surface area contributed by atoms with Gasteiger partial charge in [0.25, 0.3) is 0 Å². The van der Waals surface area contributed by atoms with Crippen molar-refractivity contribution in [1.29, 1.82) is 0 Å². The SMILES string of the molecule is CCCCC=Cc1cnc2ccc(NCc3ccccn3)nn12. The Bertz CT molecular complexity index is 776. The van der Waals surface area contributed by atoms with Gasteiger partial charge in [0.1, 0.15) is 5.82 Å². The summed E-state index contributed by atoms with van der Waals surface area (Å²) in [7, 11) is 0. The van der Waals surface area contributed by atoms with Crippen molar-refractivity contribution < 1.29 is 0 Å². The minimum Gasteiger partial charge on any atom is -0.363 e. The second-order valence-corrected chi connectivity index (χ2v) is 5.39. The van der Waals surface area contributed by atoms with Crippen LogP contribution in [0, 0.1) is 0 Å². The van der Waals surface area contributed by atoms with E-state index in [9.17, 15) is 0 Å². The fourth-order valence-electron chi connectivity index (χ4n) is 2.31. The van der Waals surface area contributed by atoms with Gasteiger partial charge >= 0.3 is 0 Å². The molecule has 23 heavy (non-hydrogen) atoms. The Kier molecular flexibility index (Phi) is 4.99. The van der Waals surface area contributed by atoms with Gasteiger partial charge < -0.3 is 5.32 Å². The van der Waals surface area contributed by atoms with E-state index in [4.69, 9.17) is 0 Å². The van der Waals surface area contributed by atoms with Crippen LogP contribution < -0.4 is 5.32 Å². The third-order valence-corrected chi connectivity index (χ3v) is 3.58. The summed E-state index contributed by atoms with van der Waals surface area (Å²) in [6, 6.07) is 9.80. The molecular formula is C18H21N5. The van der Waals surface area contributed by atoms with Crippen molar-refractivity contribution in [2.75, 3.05) is 5.32 Å². The monoisotopic (exact) mass is 307 g/mol. The molecule has 0 aromatic carbocycles. The Hall–Kier alpha value is -2.69. The molecule has 5 nitrogen and oxygen atoms in total. The Balaban J connectivity index is 1.73. The van der Waals surface area contributed by atoms with Crippen LogP contribution in [0.15, 0.2) is 48.8 Å². The Labute approximate surface area is 136 Å². The molecule has 0 radical (unpaired) electrons. The molecule has 1 N–H and O–H groups in total. The van der Waals surface area contributed by atoms with E-state index in [0.717, 1.165) is 29.3 Å². The lowest BCUT2D eigenvalue weighted by Crippen LogP contribution is -2.05. The number of hydrogen-bond acceptors (Lipinski definition) is 4. The maximum Gasteiger partial charge on any atom is 0.154 e. The molecule has 3 aromatic rings. The summed E-state index contributed by atoms with van der Waals surface area (Å²) in [5, 5.41) is 7.91. The summed E-state index contributed by atoms with van der Waals surface area (Å²) in [5.41, 5.74) is 2.83. The average molecular weight is 307 g/mol. The number of unbranched alkanes of at least 4 members (excludes halogenated alkanes) is 2. The number of fused-ring (bicyclic) bond motifs is 1. The van der Waals surface area contributed by atoms with Gasteiger partial charge in [-0.1, -0.05) is 31.9 Å². The van der Waals surface area contributed by atoms with Gasteiger partial charge in [-0.15, -0.1) is 5.10 Å². The zero-order valence-corrected chi connectivity index (χ0v) is 13.3. The molecule has 118 valence electrons. The summed E-state index contributed by atoms with van der Waals surface area (Å²) in [6.45, 7) is 2.85. The van der Waals surface area contributed by atoms with Crippen molar-refractivity contribution in [2.45, 2.75) is 32.7 Å². The summed E-state index contributed by atoms with van der Waals surface area (Å²) in [5.74, 6) is 0.810. The first kappa shape index (κ1) is 15.2. The van der Waals surface area contributed by atoms with E-state index in [0.29, 0.717) is 6.54 Å². The molecule has 0 amide bonds. The van der Waals surface area contributed by atoms with Crippen LogP contribution in [-0.2, 0) is 6.54 Å². The van der Waals surface area contributed by atoms with Crippen molar-refractivity contribution in [3.63, 3.8) is 0 Å². The van der Waals surface area contributed by atoms with E-state index in [1.54, 1.807) is 6.20 Å². The smallest absolute Gasteiger partial charge is 0.154 e. The third-order valence-electron chi connectivity index (χ3n) is 3.58.